The molecular formula is C13H14O3. The van der Waals surface area contributed by atoms with E-state index in [1.165, 1.54) is 6.08 Å². The monoisotopic (exact) mass is 218 g/mol. The van der Waals surface area contributed by atoms with E-state index in [-0.39, 0.29) is 0 Å². The van der Waals surface area contributed by atoms with Crippen LogP contribution in [0.3, 0.4) is 0 Å². The van der Waals surface area contributed by atoms with Crippen LogP contribution in [0.2, 0.25) is 0 Å². The van der Waals surface area contributed by atoms with Crippen LogP contribution in [0.15, 0.2) is 30.3 Å². The van der Waals surface area contributed by atoms with Gasteiger partial charge >= 0.3 is 5.97 Å². The van der Waals surface area contributed by atoms with Gasteiger partial charge in [0.2, 0.25) is 0 Å². The average Bonchev–Trinajstić information content (AvgIpc) is 3.09. The van der Waals surface area contributed by atoms with Gasteiger partial charge in [-0.05, 0) is 42.0 Å². The summed E-state index contributed by atoms with van der Waals surface area (Å²) >= 11 is 0. The van der Waals surface area contributed by atoms with Crippen molar-refractivity contribution in [3.63, 3.8) is 0 Å². The van der Waals surface area contributed by atoms with Crippen molar-refractivity contribution in [2.45, 2.75) is 12.8 Å². The van der Waals surface area contributed by atoms with Crippen LogP contribution in [-0.2, 0) is 4.79 Å². The molecule has 1 aliphatic carbocycles. The molecule has 0 heterocycles. The number of ether oxygens (including phenoxy) is 1. The number of carboxylic acids is 1. The zero-order valence-electron chi connectivity index (χ0n) is 9.14. The maximum Gasteiger partial charge on any atom is 0.328 e. The first-order chi connectivity index (χ1) is 7.70. The number of hydrogen-bond donors (Lipinski definition) is 1. The molecule has 0 spiro atoms. The zero-order valence-corrected chi connectivity index (χ0v) is 9.14. The summed E-state index contributed by atoms with van der Waals surface area (Å²) in [6.07, 6.45) is 3.47. The van der Waals surface area contributed by atoms with Crippen molar-refractivity contribution in [1.29, 1.82) is 0 Å². The Balaban J connectivity index is 2.34. The Morgan fingerprint density at radius 2 is 2.25 bits per heavy atom. The Labute approximate surface area is 94.4 Å². The van der Waals surface area contributed by atoms with Gasteiger partial charge in [-0.3, -0.25) is 0 Å². The van der Waals surface area contributed by atoms with Gasteiger partial charge in [0, 0.05) is 6.08 Å². The van der Waals surface area contributed by atoms with Crippen molar-refractivity contribution in [3.8, 4) is 5.75 Å². The maximum absolute atomic E-state index is 10.8. The highest BCUT2D eigenvalue weighted by molar-refractivity contribution is 5.91. The fourth-order valence-electron chi connectivity index (χ4n) is 1.77. The topological polar surface area (TPSA) is 46.5 Å². The van der Waals surface area contributed by atoms with Crippen molar-refractivity contribution in [2.75, 3.05) is 7.11 Å². The molecule has 1 saturated carbocycles. The fourth-order valence-corrected chi connectivity index (χ4v) is 1.77. The van der Waals surface area contributed by atoms with E-state index < -0.39 is 5.97 Å². The second-order valence-electron chi connectivity index (χ2n) is 3.94. The lowest BCUT2D eigenvalue weighted by Crippen LogP contribution is -1.95. The van der Waals surface area contributed by atoms with Gasteiger partial charge in [0.1, 0.15) is 5.75 Å². The summed E-state index contributed by atoms with van der Waals surface area (Å²) in [6.45, 7) is 0. The van der Waals surface area contributed by atoms with E-state index in [0.717, 1.165) is 29.7 Å². The van der Waals surface area contributed by atoms with Crippen LogP contribution in [0.1, 0.15) is 18.4 Å². The third kappa shape index (κ3) is 2.42. The Morgan fingerprint density at radius 3 is 2.81 bits per heavy atom. The quantitative estimate of drug-likeness (QED) is 0.790. The van der Waals surface area contributed by atoms with Crippen LogP contribution < -0.4 is 4.74 Å². The molecule has 3 heteroatoms. The highest BCUT2D eigenvalue weighted by Crippen LogP contribution is 2.42. The largest absolute Gasteiger partial charge is 0.497 e. The first kappa shape index (κ1) is 10.7. The molecule has 1 fully saturated rings. The van der Waals surface area contributed by atoms with Gasteiger partial charge in [-0.25, -0.2) is 4.79 Å². The second-order valence-corrected chi connectivity index (χ2v) is 3.94. The van der Waals surface area contributed by atoms with E-state index in [0.29, 0.717) is 5.92 Å². The molecule has 0 bridgehead atoms. The molecule has 0 aromatic heterocycles. The Hall–Kier alpha value is -1.77. The second kappa shape index (κ2) is 4.39. The van der Waals surface area contributed by atoms with E-state index in [1.807, 2.05) is 24.3 Å². The number of benzene rings is 1. The van der Waals surface area contributed by atoms with Crippen LogP contribution in [-0.4, -0.2) is 18.2 Å². The molecule has 1 aliphatic rings. The number of methoxy groups -OCH3 is 1. The number of aliphatic carboxylic acids is 1. The third-order valence-electron chi connectivity index (χ3n) is 2.70. The van der Waals surface area contributed by atoms with Crippen molar-refractivity contribution in [2.24, 2.45) is 5.92 Å². The molecule has 3 nitrogen and oxygen atoms in total. The minimum absolute atomic E-state index is 0.406. The summed E-state index contributed by atoms with van der Waals surface area (Å²) in [4.78, 5) is 10.8. The molecule has 0 radical (unpaired) electrons. The highest BCUT2D eigenvalue weighted by Gasteiger charge is 2.27. The molecule has 84 valence electrons. The minimum Gasteiger partial charge on any atom is -0.497 e. The molecule has 0 amide bonds. The number of hydrogen-bond acceptors (Lipinski definition) is 2. The molecule has 0 unspecified atom stereocenters. The SMILES string of the molecule is COc1cccc(C(=CC(=O)O)C2CC2)c1. The predicted molar refractivity (Wildman–Crippen MR) is 61.3 cm³/mol. The van der Waals surface area contributed by atoms with Crippen LogP contribution in [0.4, 0.5) is 0 Å². The summed E-state index contributed by atoms with van der Waals surface area (Å²) in [7, 11) is 1.61. The lowest BCUT2D eigenvalue weighted by atomic mass is 10.0. The van der Waals surface area contributed by atoms with E-state index in [9.17, 15) is 4.79 Å². The first-order valence-electron chi connectivity index (χ1n) is 5.29. The minimum atomic E-state index is -0.885. The van der Waals surface area contributed by atoms with Crippen molar-refractivity contribution >= 4 is 11.5 Å². The maximum atomic E-state index is 10.8. The van der Waals surface area contributed by atoms with Gasteiger partial charge in [-0.2, -0.15) is 0 Å². The van der Waals surface area contributed by atoms with E-state index in [2.05, 4.69) is 0 Å². The lowest BCUT2D eigenvalue weighted by Gasteiger charge is -2.07. The van der Waals surface area contributed by atoms with Crippen molar-refractivity contribution in [3.05, 3.63) is 35.9 Å². The summed E-state index contributed by atoms with van der Waals surface area (Å²) in [5.41, 5.74) is 1.86. The molecule has 1 aromatic rings. The summed E-state index contributed by atoms with van der Waals surface area (Å²) < 4.78 is 5.14. The van der Waals surface area contributed by atoms with Crippen molar-refractivity contribution in [1.82, 2.24) is 0 Å². The van der Waals surface area contributed by atoms with Crippen LogP contribution in [0.25, 0.3) is 5.57 Å². The molecule has 0 atom stereocenters. The number of rotatable bonds is 4. The van der Waals surface area contributed by atoms with Crippen LogP contribution in [0, 0.1) is 5.92 Å². The van der Waals surface area contributed by atoms with Gasteiger partial charge in [0.05, 0.1) is 7.11 Å². The Bertz CT molecular complexity index is 431. The zero-order chi connectivity index (χ0) is 11.5. The Morgan fingerprint density at radius 1 is 1.50 bits per heavy atom. The standard InChI is InChI=1S/C13H14O3/c1-16-11-4-2-3-10(7-11)12(8-13(14)15)9-5-6-9/h2-4,7-9H,5-6H2,1H3,(H,14,15). The first-order valence-corrected chi connectivity index (χ1v) is 5.29. The highest BCUT2D eigenvalue weighted by atomic mass is 16.5. The lowest BCUT2D eigenvalue weighted by molar-refractivity contribution is -0.131. The molecule has 1 N–H and O–H groups in total. The van der Waals surface area contributed by atoms with Crippen molar-refractivity contribution < 1.29 is 14.6 Å². The normalized spacial score (nSPS) is 15.9. The third-order valence-corrected chi connectivity index (χ3v) is 2.70. The van der Waals surface area contributed by atoms with Gasteiger partial charge in [0.25, 0.3) is 0 Å². The Kier molecular flexibility index (Phi) is 2.95. The number of carbonyl (C=O) groups is 1. The van der Waals surface area contributed by atoms with E-state index in [4.69, 9.17) is 9.84 Å². The van der Waals surface area contributed by atoms with E-state index in [1.54, 1.807) is 7.11 Å². The molecule has 2 rings (SSSR count). The van der Waals surface area contributed by atoms with E-state index >= 15 is 0 Å². The summed E-state index contributed by atoms with van der Waals surface area (Å²) in [5.74, 6) is 0.280. The summed E-state index contributed by atoms with van der Waals surface area (Å²) in [6, 6.07) is 7.55. The molecule has 16 heavy (non-hydrogen) atoms. The number of allylic oxidation sites excluding steroid dienone is 1. The van der Waals surface area contributed by atoms with Crippen LogP contribution >= 0.6 is 0 Å². The summed E-state index contributed by atoms with van der Waals surface area (Å²) in [5, 5.41) is 8.84. The smallest absolute Gasteiger partial charge is 0.328 e. The predicted octanol–water partition coefficient (Wildman–Crippen LogP) is 2.57. The van der Waals surface area contributed by atoms with Gasteiger partial charge < -0.3 is 9.84 Å². The van der Waals surface area contributed by atoms with Crippen LogP contribution in [0.5, 0.6) is 5.75 Å². The molecular weight excluding hydrogens is 204 g/mol. The van der Waals surface area contributed by atoms with Gasteiger partial charge in [-0.15, -0.1) is 0 Å². The number of carboxylic acid groups (broad SMARTS) is 1. The van der Waals surface area contributed by atoms with Gasteiger partial charge in [0.15, 0.2) is 0 Å². The average molecular weight is 218 g/mol. The molecule has 0 saturated heterocycles. The van der Waals surface area contributed by atoms with Gasteiger partial charge in [-0.1, -0.05) is 12.1 Å². The molecule has 0 aliphatic heterocycles. The fraction of sp³-hybridized carbons (Fsp3) is 0.308. The molecule has 1 aromatic carbocycles.